The van der Waals surface area contributed by atoms with E-state index in [1.165, 1.54) is 7.11 Å². The number of amides is 1. The van der Waals surface area contributed by atoms with Crippen molar-refractivity contribution in [2.24, 2.45) is 5.92 Å². The van der Waals surface area contributed by atoms with Crippen molar-refractivity contribution < 1.29 is 14.3 Å². The SMILES string of the molecule is COC(=O)CN(C(=O)C1CCC1)C(C)C. The first-order valence-corrected chi connectivity index (χ1v) is 5.43. The summed E-state index contributed by atoms with van der Waals surface area (Å²) >= 11 is 0. The highest BCUT2D eigenvalue weighted by Crippen LogP contribution is 2.28. The maximum Gasteiger partial charge on any atom is 0.325 e. The van der Waals surface area contributed by atoms with Gasteiger partial charge in [0.05, 0.1) is 7.11 Å². The molecule has 0 aromatic rings. The number of ether oxygens (including phenoxy) is 1. The molecule has 15 heavy (non-hydrogen) atoms. The largest absolute Gasteiger partial charge is 0.468 e. The van der Waals surface area contributed by atoms with E-state index in [0.29, 0.717) is 0 Å². The van der Waals surface area contributed by atoms with E-state index in [1.54, 1.807) is 4.90 Å². The molecule has 0 N–H and O–H groups in total. The van der Waals surface area contributed by atoms with Gasteiger partial charge >= 0.3 is 5.97 Å². The van der Waals surface area contributed by atoms with Gasteiger partial charge in [-0.05, 0) is 26.7 Å². The van der Waals surface area contributed by atoms with Gasteiger partial charge in [-0.15, -0.1) is 0 Å². The summed E-state index contributed by atoms with van der Waals surface area (Å²) in [5.74, 6) is -0.116. The van der Waals surface area contributed by atoms with Crippen molar-refractivity contribution in [2.75, 3.05) is 13.7 Å². The smallest absolute Gasteiger partial charge is 0.325 e. The lowest BCUT2D eigenvalue weighted by atomic mass is 9.84. The Labute approximate surface area is 90.6 Å². The summed E-state index contributed by atoms with van der Waals surface area (Å²) in [6.07, 6.45) is 3.05. The number of rotatable bonds is 4. The molecule has 0 spiro atoms. The average molecular weight is 213 g/mol. The van der Waals surface area contributed by atoms with Gasteiger partial charge in [0, 0.05) is 12.0 Å². The topological polar surface area (TPSA) is 46.6 Å². The summed E-state index contributed by atoms with van der Waals surface area (Å²) in [5.41, 5.74) is 0. The standard InChI is InChI=1S/C11H19NO3/c1-8(2)12(7-10(13)15-3)11(14)9-5-4-6-9/h8-9H,4-7H2,1-3H3. The Morgan fingerprint density at radius 2 is 2.00 bits per heavy atom. The molecule has 0 bridgehead atoms. The van der Waals surface area contributed by atoms with Crippen molar-refractivity contribution in [3.63, 3.8) is 0 Å². The van der Waals surface area contributed by atoms with Crippen LogP contribution in [0.1, 0.15) is 33.1 Å². The second kappa shape index (κ2) is 5.14. The summed E-state index contributed by atoms with van der Waals surface area (Å²) in [5, 5.41) is 0. The lowest BCUT2D eigenvalue weighted by Gasteiger charge is -2.33. The van der Waals surface area contributed by atoms with Crippen molar-refractivity contribution in [3.8, 4) is 0 Å². The molecule has 0 heterocycles. The number of nitrogens with zero attached hydrogens (tertiary/aromatic N) is 1. The number of carbonyl (C=O) groups excluding carboxylic acids is 2. The number of hydrogen-bond donors (Lipinski definition) is 0. The fraction of sp³-hybridized carbons (Fsp3) is 0.818. The summed E-state index contributed by atoms with van der Waals surface area (Å²) < 4.78 is 4.58. The van der Waals surface area contributed by atoms with Crippen LogP contribution < -0.4 is 0 Å². The van der Waals surface area contributed by atoms with E-state index in [0.717, 1.165) is 19.3 Å². The minimum atomic E-state index is -0.351. The maximum absolute atomic E-state index is 11.9. The van der Waals surface area contributed by atoms with Crippen molar-refractivity contribution in [1.82, 2.24) is 4.90 Å². The van der Waals surface area contributed by atoms with Crippen LogP contribution in [0.3, 0.4) is 0 Å². The number of carbonyl (C=O) groups is 2. The Morgan fingerprint density at radius 3 is 2.33 bits per heavy atom. The first kappa shape index (κ1) is 12.0. The lowest BCUT2D eigenvalue weighted by Crippen LogP contribution is -2.45. The van der Waals surface area contributed by atoms with Crippen LogP contribution in [0.15, 0.2) is 0 Å². The zero-order valence-electron chi connectivity index (χ0n) is 9.66. The zero-order valence-corrected chi connectivity index (χ0v) is 9.66. The van der Waals surface area contributed by atoms with E-state index >= 15 is 0 Å². The maximum atomic E-state index is 11.9. The first-order valence-electron chi connectivity index (χ1n) is 5.43. The molecular formula is C11H19NO3. The molecule has 0 unspecified atom stereocenters. The third-order valence-corrected chi connectivity index (χ3v) is 2.89. The molecule has 1 aliphatic carbocycles. The summed E-state index contributed by atoms with van der Waals surface area (Å²) in [6, 6.07) is 0.0530. The molecule has 1 fully saturated rings. The molecule has 0 aromatic carbocycles. The van der Waals surface area contributed by atoms with Crippen LogP contribution in [-0.4, -0.2) is 36.5 Å². The van der Waals surface area contributed by atoms with E-state index in [1.807, 2.05) is 13.8 Å². The molecule has 4 heteroatoms. The second-order valence-electron chi connectivity index (χ2n) is 4.26. The van der Waals surface area contributed by atoms with Crippen LogP contribution in [0.25, 0.3) is 0 Å². The Morgan fingerprint density at radius 1 is 1.40 bits per heavy atom. The normalized spacial score (nSPS) is 16.0. The Kier molecular flexibility index (Phi) is 4.12. The van der Waals surface area contributed by atoms with Crippen LogP contribution in [0.2, 0.25) is 0 Å². The molecule has 1 amide bonds. The molecular weight excluding hydrogens is 194 g/mol. The molecule has 0 aliphatic heterocycles. The van der Waals surface area contributed by atoms with Gasteiger partial charge < -0.3 is 9.64 Å². The van der Waals surface area contributed by atoms with Crippen molar-refractivity contribution >= 4 is 11.9 Å². The Hall–Kier alpha value is -1.06. The van der Waals surface area contributed by atoms with Gasteiger partial charge in [-0.2, -0.15) is 0 Å². The molecule has 0 atom stereocenters. The highest BCUT2D eigenvalue weighted by molar-refractivity contribution is 5.84. The molecule has 0 radical (unpaired) electrons. The van der Waals surface area contributed by atoms with Crippen LogP contribution in [0.4, 0.5) is 0 Å². The molecule has 1 saturated carbocycles. The lowest BCUT2D eigenvalue weighted by molar-refractivity contribution is -0.151. The molecule has 0 aromatic heterocycles. The van der Waals surface area contributed by atoms with E-state index in [2.05, 4.69) is 4.74 Å². The van der Waals surface area contributed by atoms with E-state index in [4.69, 9.17) is 0 Å². The van der Waals surface area contributed by atoms with Crippen molar-refractivity contribution in [2.45, 2.75) is 39.2 Å². The Bertz CT molecular complexity index is 246. The quantitative estimate of drug-likeness (QED) is 0.659. The molecule has 0 saturated heterocycles. The van der Waals surface area contributed by atoms with Crippen LogP contribution >= 0.6 is 0 Å². The second-order valence-corrected chi connectivity index (χ2v) is 4.26. The van der Waals surface area contributed by atoms with E-state index in [-0.39, 0.29) is 30.4 Å². The highest BCUT2D eigenvalue weighted by atomic mass is 16.5. The summed E-state index contributed by atoms with van der Waals surface area (Å²) in [7, 11) is 1.34. The molecule has 4 nitrogen and oxygen atoms in total. The van der Waals surface area contributed by atoms with Gasteiger partial charge in [-0.3, -0.25) is 9.59 Å². The fourth-order valence-corrected chi connectivity index (χ4v) is 1.61. The first-order chi connectivity index (χ1) is 7.06. The van der Waals surface area contributed by atoms with Crippen molar-refractivity contribution in [3.05, 3.63) is 0 Å². The minimum absolute atomic E-state index is 0.0530. The highest BCUT2D eigenvalue weighted by Gasteiger charge is 2.31. The van der Waals surface area contributed by atoms with Crippen LogP contribution in [0.5, 0.6) is 0 Å². The van der Waals surface area contributed by atoms with Gasteiger partial charge in [0.2, 0.25) is 5.91 Å². The van der Waals surface area contributed by atoms with Crippen LogP contribution in [0, 0.1) is 5.92 Å². The molecule has 1 rings (SSSR count). The minimum Gasteiger partial charge on any atom is -0.468 e. The van der Waals surface area contributed by atoms with Gasteiger partial charge in [-0.25, -0.2) is 0 Å². The third kappa shape index (κ3) is 2.94. The number of esters is 1. The Balaban J connectivity index is 2.56. The predicted molar refractivity (Wildman–Crippen MR) is 56.2 cm³/mol. The van der Waals surface area contributed by atoms with Gasteiger partial charge in [0.15, 0.2) is 0 Å². The monoisotopic (exact) mass is 213 g/mol. The molecule has 86 valence electrons. The summed E-state index contributed by atoms with van der Waals surface area (Å²) in [4.78, 5) is 24.7. The van der Waals surface area contributed by atoms with Crippen molar-refractivity contribution in [1.29, 1.82) is 0 Å². The predicted octanol–water partition coefficient (Wildman–Crippen LogP) is 1.20. The average Bonchev–Trinajstić information content (AvgIpc) is 2.10. The van der Waals surface area contributed by atoms with Gasteiger partial charge in [0.25, 0.3) is 0 Å². The van der Waals surface area contributed by atoms with Gasteiger partial charge in [0.1, 0.15) is 6.54 Å². The number of methoxy groups -OCH3 is 1. The fourth-order valence-electron chi connectivity index (χ4n) is 1.61. The van der Waals surface area contributed by atoms with E-state index < -0.39 is 0 Å². The number of hydrogen-bond acceptors (Lipinski definition) is 3. The van der Waals surface area contributed by atoms with Gasteiger partial charge in [-0.1, -0.05) is 6.42 Å². The summed E-state index contributed by atoms with van der Waals surface area (Å²) in [6.45, 7) is 3.91. The molecule has 1 aliphatic rings. The zero-order chi connectivity index (χ0) is 11.4. The van der Waals surface area contributed by atoms with Crippen LogP contribution in [-0.2, 0) is 14.3 Å². The van der Waals surface area contributed by atoms with E-state index in [9.17, 15) is 9.59 Å². The third-order valence-electron chi connectivity index (χ3n) is 2.89.